The lowest BCUT2D eigenvalue weighted by Gasteiger charge is -2.19. The Morgan fingerprint density at radius 3 is 2.60 bits per heavy atom. The molecule has 2 N–H and O–H groups in total. The van der Waals surface area contributed by atoms with Crippen LogP contribution in [0.5, 0.6) is 11.5 Å². The summed E-state index contributed by atoms with van der Waals surface area (Å²) in [6.07, 6.45) is 0. The molecule has 5 heteroatoms. The molecule has 0 saturated heterocycles. The summed E-state index contributed by atoms with van der Waals surface area (Å²) in [6.45, 7) is 0.516. The minimum atomic E-state index is -0.578. The molecule has 1 aliphatic heterocycles. The van der Waals surface area contributed by atoms with Crippen molar-refractivity contribution in [2.75, 3.05) is 19.9 Å². The molecule has 0 aliphatic carbocycles. The van der Waals surface area contributed by atoms with Gasteiger partial charge in [0, 0.05) is 0 Å². The van der Waals surface area contributed by atoms with Crippen LogP contribution in [0.1, 0.15) is 11.6 Å². The summed E-state index contributed by atoms with van der Waals surface area (Å²) in [7, 11) is 0. The van der Waals surface area contributed by atoms with Crippen molar-refractivity contribution in [3.63, 3.8) is 0 Å². The maximum atomic E-state index is 12.3. The number of benzene rings is 1. The topological polar surface area (TPSA) is 44.5 Å². The normalized spacial score (nSPS) is 15.3. The predicted octanol–water partition coefficient (Wildman–Crippen LogP) is 1.85. The number of hydrogen-bond acceptors (Lipinski definition) is 3. The number of fused-ring (bicyclic) bond motifs is 1. The Labute approximate surface area is 93.8 Å². The Morgan fingerprint density at radius 1 is 1.27 bits per heavy atom. The summed E-state index contributed by atoms with van der Waals surface area (Å²) >= 11 is 0. The van der Waals surface area contributed by atoms with Crippen LogP contribution in [0.25, 0.3) is 0 Å². The maximum Gasteiger partial charge on any atom is 0.161 e. The smallest absolute Gasteiger partial charge is 0.161 e. The highest BCUT2D eigenvalue weighted by Gasteiger charge is 2.14. The fraction of sp³-hybridized carbons (Fsp3) is 0.400. The molecule has 0 saturated carbocycles. The first-order chi connectivity index (χ1) is 6.81. The lowest BCUT2D eigenvalue weighted by atomic mass is 10.1. The van der Waals surface area contributed by atoms with E-state index < -0.39 is 12.7 Å². The third-order valence-electron chi connectivity index (χ3n) is 2.16. The van der Waals surface area contributed by atoms with Crippen LogP contribution < -0.4 is 15.2 Å². The van der Waals surface area contributed by atoms with Crippen LogP contribution in [0, 0.1) is 0 Å². The van der Waals surface area contributed by atoms with Crippen molar-refractivity contribution < 1.29 is 13.9 Å². The van der Waals surface area contributed by atoms with Crippen molar-refractivity contribution in [3.8, 4) is 11.5 Å². The standard InChI is InChI=1S/C10H12FNO2.ClH/c11-6-8(12)7-1-2-9-10(5-7)14-4-3-13-9;/h1-2,5,8H,3-4,6,12H2;1H/t8-;/m0./s1. The van der Waals surface area contributed by atoms with Gasteiger partial charge in [-0.05, 0) is 17.7 Å². The quantitative estimate of drug-likeness (QED) is 0.848. The van der Waals surface area contributed by atoms with Crippen LogP contribution in [0.2, 0.25) is 0 Å². The number of nitrogens with two attached hydrogens (primary N) is 1. The van der Waals surface area contributed by atoms with Gasteiger partial charge in [-0.3, -0.25) is 0 Å². The average Bonchev–Trinajstić information content (AvgIpc) is 2.27. The van der Waals surface area contributed by atoms with Gasteiger partial charge in [0.2, 0.25) is 0 Å². The number of alkyl halides is 1. The minimum Gasteiger partial charge on any atom is -0.486 e. The number of hydrogen-bond donors (Lipinski definition) is 1. The zero-order valence-corrected chi connectivity index (χ0v) is 8.93. The molecule has 1 aromatic carbocycles. The second-order valence-corrected chi connectivity index (χ2v) is 3.16. The van der Waals surface area contributed by atoms with Gasteiger partial charge in [0.05, 0.1) is 6.04 Å². The molecule has 0 amide bonds. The molecule has 3 nitrogen and oxygen atoms in total. The van der Waals surface area contributed by atoms with Crippen molar-refractivity contribution in [2.45, 2.75) is 6.04 Å². The van der Waals surface area contributed by atoms with E-state index in [1.165, 1.54) is 0 Å². The molecule has 0 unspecified atom stereocenters. The summed E-state index contributed by atoms with van der Waals surface area (Å²) in [5, 5.41) is 0. The molecule has 0 spiro atoms. The first kappa shape index (κ1) is 12.1. The number of ether oxygens (including phenoxy) is 2. The van der Waals surface area contributed by atoms with E-state index in [0.29, 0.717) is 24.7 Å². The van der Waals surface area contributed by atoms with E-state index in [0.717, 1.165) is 5.56 Å². The van der Waals surface area contributed by atoms with Gasteiger partial charge in [-0.25, -0.2) is 4.39 Å². The van der Waals surface area contributed by atoms with E-state index in [1.807, 2.05) is 0 Å². The zero-order valence-electron chi connectivity index (χ0n) is 8.11. The Morgan fingerprint density at radius 2 is 1.93 bits per heavy atom. The molecule has 0 radical (unpaired) electrons. The SMILES string of the molecule is Cl.N[C@@H](CF)c1ccc2c(c1)OCCO2. The first-order valence-electron chi connectivity index (χ1n) is 4.52. The fourth-order valence-corrected chi connectivity index (χ4v) is 1.38. The Bertz CT molecular complexity index is 335. The van der Waals surface area contributed by atoms with Gasteiger partial charge in [0.1, 0.15) is 19.9 Å². The summed E-state index contributed by atoms with van der Waals surface area (Å²) in [5.74, 6) is 1.35. The average molecular weight is 234 g/mol. The highest BCUT2D eigenvalue weighted by atomic mass is 35.5. The molecule has 1 aromatic rings. The largest absolute Gasteiger partial charge is 0.486 e. The molecule has 1 atom stereocenters. The summed E-state index contributed by atoms with van der Waals surface area (Å²) in [5.41, 5.74) is 6.29. The van der Waals surface area contributed by atoms with E-state index in [2.05, 4.69) is 0 Å². The van der Waals surface area contributed by atoms with Gasteiger partial charge in [0.15, 0.2) is 11.5 Å². The van der Waals surface area contributed by atoms with Crippen LogP contribution in [-0.2, 0) is 0 Å². The van der Waals surface area contributed by atoms with Gasteiger partial charge in [0.25, 0.3) is 0 Å². The highest BCUT2D eigenvalue weighted by Crippen LogP contribution is 2.32. The molecule has 2 rings (SSSR count). The lowest BCUT2D eigenvalue weighted by Crippen LogP contribution is -2.17. The molecule has 0 aromatic heterocycles. The van der Waals surface area contributed by atoms with Crippen molar-refractivity contribution in [3.05, 3.63) is 23.8 Å². The van der Waals surface area contributed by atoms with Crippen LogP contribution in [0.4, 0.5) is 4.39 Å². The van der Waals surface area contributed by atoms with E-state index in [1.54, 1.807) is 18.2 Å². The van der Waals surface area contributed by atoms with Crippen molar-refractivity contribution in [1.82, 2.24) is 0 Å². The number of halogens is 2. The molecule has 0 fully saturated rings. The second-order valence-electron chi connectivity index (χ2n) is 3.16. The Kier molecular flexibility index (Phi) is 4.17. The zero-order chi connectivity index (χ0) is 9.97. The molecule has 1 heterocycles. The predicted molar refractivity (Wildman–Crippen MR) is 57.6 cm³/mol. The van der Waals surface area contributed by atoms with Crippen LogP contribution in [0.3, 0.4) is 0 Å². The van der Waals surface area contributed by atoms with Crippen molar-refractivity contribution >= 4 is 12.4 Å². The van der Waals surface area contributed by atoms with Gasteiger partial charge in [-0.15, -0.1) is 12.4 Å². The second kappa shape index (κ2) is 5.19. The van der Waals surface area contributed by atoms with E-state index in [4.69, 9.17) is 15.2 Å². The van der Waals surface area contributed by atoms with Gasteiger partial charge < -0.3 is 15.2 Å². The molecule has 0 bridgehead atoms. The van der Waals surface area contributed by atoms with Crippen molar-refractivity contribution in [1.29, 1.82) is 0 Å². The van der Waals surface area contributed by atoms with Gasteiger partial charge >= 0.3 is 0 Å². The fourth-order valence-electron chi connectivity index (χ4n) is 1.38. The third kappa shape index (κ3) is 2.52. The minimum absolute atomic E-state index is 0. The van der Waals surface area contributed by atoms with Crippen LogP contribution in [-0.4, -0.2) is 19.9 Å². The van der Waals surface area contributed by atoms with Gasteiger partial charge in [-0.1, -0.05) is 6.07 Å². The van der Waals surface area contributed by atoms with Crippen LogP contribution >= 0.6 is 12.4 Å². The highest BCUT2D eigenvalue weighted by molar-refractivity contribution is 5.85. The van der Waals surface area contributed by atoms with Gasteiger partial charge in [-0.2, -0.15) is 0 Å². The Balaban J connectivity index is 0.00000112. The Hall–Kier alpha value is -1.00. The monoisotopic (exact) mass is 233 g/mol. The molecule has 15 heavy (non-hydrogen) atoms. The maximum absolute atomic E-state index is 12.3. The molecular formula is C10H13ClFNO2. The summed E-state index contributed by atoms with van der Waals surface area (Å²) < 4.78 is 23.0. The number of rotatable bonds is 2. The summed E-state index contributed by atoms with van der Waals surface area (Å²) in [4.78, 5) is 0. The van der Waals surface area contributed by atoms with Crippen molar-refractivity contribution in [2.24, 2.45) is 5.73 Å². The first-order valence-corrected chi connectivity index (χ1v) is 4.52. The van der Waals surface area contributed by atoms with E-state index in [-0.39, 0.29) is 12.4 Å². The lowest BCUT2D eigenvalue weighted by molar-refractivity contribution is 0.171. The van der Waals surface area contributed by atoms with Crippen LogP contribution in [0.15, 0.2) is 18.2 Å². The molecular weight excluding hydrogens is 221 g/mol. The third-order valence-corrected chi connectivity index (χ3v) is 2.16. The molecule has 1 aliphatic rings. The summed E-state index contributed by atoms with van der Waals surface area (Å²) in [6, 6.07) is 4.68. The van der Waals surface area contributed by atoms with E-state index >= 15 is 0 Å². The van der Waals surface area contributed by atoms with E-state index in [9.17, 15) is 4.39 Å². The molecule has 84 valence electrons.